The van der Waals surface area contributed by atoms with Gasteiger partial charge in [-0.1, -0.05) is 18.2 Å². The number of morpholine rings is 1. The number of carbonyl (C=O) groups excluding carboxylic acids is 1. The van der Waals surface area contributed by atoms with Gasteiger partial charge in [0.05, 0.1) is 13.2 Å². The van der Waals surface area contributed by atoms with Crippen LogP contribution < -0.4 is 10.1 Å². The average Bonchev–Trinajstić information content (AvgIpc) is 3.28. The molecule has 168 valence electrons. The molecule has 0 spiro atoms. The van der Waals surface area contributed by atoms with Crippen molar-refractivity contribution in [1.29, 1.82) is 0 Å². The van der Waals surface area contributed by atoms with Gasteiger partial charge in [-0.05, 0) is 37.5 Å². The highest BCUT2D eigenvalue weighted by Crippen LogP contribution is 2.31. The van der Waals surface area contributed by atoms with E-state index < -0.39 is 0 Å². The molecule has 2 saturated heterocycles. The first-order valence-electron chi connectivity index (χ1n) is 11.0. The van der Waals surface area contributed by atoms with Crippen molar-refractivity contribution in [2.24, 2.45) is 5.41 Å². The third-order valence-corrected chi connectivity index (χ3v) is 6.16. The van der Waals surface area contributed by atoms with Gasteiger partial charge >= 0.3 is 0 Å². The van der Waals surface area contributed by atoms with Gasteiger partial charge in [-0.3, -0.25) is 9.69 Å². The zero-order valence-corrected chi connectivity index (χ0v) is 18.2. The van der Waals surface area contributed by atoms with Crippen molar-refractivity contribution in [2.75, 3.05) is 52.6 Å². The van der Waals surface area contributed by atoms with E-state index in [0.29, 0.717) is 12.2 Å². The smallest absolute Gasteiger partial charge is 0.271 e. The summed E-state index contributed by atoms with van der Waals surface area (Å²) in [5.41, 5.74) is 1.50. The van der Waals surface area contributed by atoms with E-state index in [9.17, 15) is 4.79 Å². The van der Waals surface area contributed by atoms with E-state index in [2.05, 4.69) is 15.3 Å². The average molecular weight is 429 g/mol. The summed E-state index contributed by atoms with van der Waals surface area (Å²) in [6, 6.07) is 9.57. The van der Waals surface area contributed by atoms with Gasteiger partial charge in [0.1, 0.15) is 11.4 Å². The van der Waals surface area contributed by atoms with Crippen LogP contribution in [0.2, 0.25) is 0 Å². The van der Waals surface area contributed by atoms with Gasteiger partial charge in [0, 0.05) is 51.0 Å². The van der Waals surface area contributed by atoms with Crippen molar-refractivity contribution in [3.8, 4) is 5.75 Å². The summed E-state index contributed by atoms with van der Waals surface area (Å²) >= 11 is 0. The second-order valence-electron chi connectivity index (χ2n) is 8.46. The number of nitrogens with one attached hydrogen (secondary N) is 1. The Morgan fingerprint density at radius 2 is 1.87 bits per heavy atom. The Balaban J connectivity index is 1.32. The summed E-state index contributed by atoms with van der Waals surface area (Å²) in [5, 5.41) is 7.51. The highest BCUT2D eigenvalue weighted by atomic mass is 16.5. The van der Waals surface area contributed by atoms with E-state index in [1.54, 1.807) is 16.9 Å². The van der Waals surface area contributed by atoms with Crippen LogP contribution in [0.3, 0.4) is 0 Å². The van der Waals surface area contributed by atoms with E-state index in [4.69, 9.17) is 14.2 Å². The lowest BCUT2D eigenvalue weighted by Crippen LogP contribution is -2.50. The van der Waals surface area contributed by atoms with Crippen molar-refractivity contribution in [3.63, 3.8) is 0 Å². The summed E-state index contributed by atoms with van der Waals surface area (Å²) in [7, 11) is 0. The quantitative estimate of drug-likeness (QED) is 0.694. The number of hydrogen-bond donors (Lipinski definition) is 1. The molecule has 8 heteroatoms. The lowest BCUT2D eigenvalue weighted by molar-refractivity contribution is -0.0283. The van der Waals surface area contributed by atoms with Gasteiger partial charge < -0.3 is 19.5 Å². The predicted molar refractivity (Wildman–Crippen MR) is 116 cm³/mol. The summed E-state index contributed by atoms with van der Waals surface area (Å²) in [4.78, 5) is 15.2. The first-order valence-corrected chi connectivity index (χ1v) is 11.0. The molecule has 0 saturated carbocycles. The van der Waals surface area contributed by atoms with Crippen LogP contribution >= 0.6 is 0 Å². The Morgan fingerprint density at radius 3 is 2.65 bits per heavy atom. The Hall–Kier alpha value is -2.42. The Labute approximate surface area is 183 Å². The zero-order valence-electron chi connectivity index (χ0n) is 18.2. The molecule has 0 bridgehead atoms. The minimum absolute atomic E-state index is 0.0295. The maximum atomic E-state index is 12.8. The molecule has 2 aromatic rings. The molecule has 2 aliphatic heterocycles. The molecule has 0 atom stereocenters. The topological polar surface area (TPSA) is 77.9 Å². The highest BCUT2D eigenvalue weighted by molar-refractivity contribution is 5.92. The number of carbonyl (C=O) groups is 1. The summed E-state index contributed by atoms with van der Waals surface area (Å²) in [6.45, 7) is 8.77. The van der Waals surface area contributed by atoms with E-state index in [-0.39, 0.29) is 18.1 Å². The number of hydrogen-bond acceptors (Lipinski definition) is 6. The van der Waals surface area contributed by atoms with Crippen LogP contribution in [0.5, 0.6) is 5.75 Å². The first-order chi connectivity index (χ1) is 15.1. The Morgan fingerprint density at radius 1 is 1.13 bits per heavy atom. The molecule has 1 amide bonds. The van der Waals surface area contributed by atoms with Crippen LogP contribution in [0, 0.1) is 12.3 Å². The molecule has 1 N–H and O–H groups in total. The van der Waals surface area contributed by atoms with Crippen LogP contribution in [0.1, 0.15) is 28.9 Å². The number of nitrogens with zero attached hydrogens (tertiary/aromatic N) is 3. The molecular formula is C23H32N4O4. The van der Waals surface area contributed by atoms with E-state index in [1.165, 1.54) is 0 Å². The highest BCUT2D eigenvalue weighted by Gasteiger charge is 2.35. The van der Waals surface area contributed by atoms with Crippen molar-refractivity contribution in [1.82, 2.24) is 20.0 Å². The summed E-state index contributed by atoms with van der Waals surface area (Å²) in [5.74, 6) is 0.663. The van der Waals surface area contributed by atoms with Gasteiger partial charge in [0.25, 0.3) is 5.91 Å². The summed E-state index contributed by atoms with van der Waals surface area (Å²) in [6.07, 6.45) is 3.66. The fourth-order valence-corrected chi connectivity index (χ4v) is 4.20. The van der Waals surface area contributed by atoms with E-state index in [1.807, 2.05) is 31.2 Å². The van der Waals surface area contributed by atoms with Gasteiger partial charge in [-0.25, -0.2) is 4.68 Å². The maximum absolute atomic E-state index is 12.8. The number of para-hydroxylation sites is 1. The number of benzene rings is 1. The molecule has 0 radical (unpaired) electrons. The maximum Gasteiger partial charge on any atom is 0.271 e. The van der Waals surface area contributed by atoms with Gasteiger partial charge in [-0.15, -0.1) is 0 Å². The van der Waals surface area contributed by atoms with Gasteiger partial charge in [0.15, 0.2) is 6.73 Å². The Bertz CT molecular complexity index is 857. The minimum Gasteiger partial charge on any atom is -0.471 e. The van der Waals surface area contributed by atoms with Crippen LogP contribution in [0.4, 0.5) is 0 Å². The molecule has 3 heterocycles. The second kappa shape index (κ2) is 10.3. The normalized spacial score (nSPS) is 19.1. The van der Waals surface area contributed by atoms with Crippen molar-refractivity contribution >= 4 is 5.91 Å². The number of rotatable bonds is 8. The molecule has 0 unspecified atom stereocenters. The standard InChI is InChI=1S/C23H32N4O4/c1-19-4-2-3-5-21(19)31-18-27-9-6-20(25-27)22(28)24-16-23(7-12-29-13-8-23)17-26-10-14-30-15-11-26/h2-6,9H,7-8,10-18H2,1H3,(H,24,28). The molecule has 31 heavy (non-hydrogen) atoms. The van der Waals surface area contributed by atoms with Crippen LogP contribution in [-0.4, -0.2) is 73.2 Å². The van der Waals surface area contributed by atoms with Crippen LogP contribution in [-0.2, 0) is 16.2 Å². The molecule has 1 aromatic carbocycles. The summed E-state index contributed by atoms with van der Waals surface area (Å²) < 4.78 is 18.5. The molecule has 2 aliphatic rings. The molecule has 8 nitrogen and oxygen atoms in total. The van der Waals surface area contributed by atoms with E-state index >= 15 is 0 Å². The number of ether oxygens (including phenoxy) is 3. The largest absolute Gasteiger partial charge is 0.471 e. The predicted octanol–water partition coefficient (Wildman–Crippen LogP) is 2.09. The van der Waals surface area contributed by atoms with Crippen molar-refractivity contribution in [3.05, 3.63) is 47.8 Å². The number of aryl methyl sites for hydroxylation is 1. The second-order valence-corrected chi connectivity index (χ2v) is 8.46. The third-order valence-electron chi connectivity index (χ3n) is 6.16. The lowest BCUT2D eigenvalue weighted by Gasteiger charge is -2.42. The molecule has 4 rings (SSSR count). The SMILES string of the molecule is Cc1ccccc1OCn1ccc(C(=O)NCC2(CN3CCOCC3)CCOCC2)n1. The first kappa shape index (κ1) is 21.8. The fraction of sp³-hybridized carbons (Fsp3) is 0.565. The molecule has 1 aromatic heterocycles. The molecular weight excluding hydrogens is 396 g/mol. The lowest BCUT2D eigenvalue weighted by atomic mass is 9.79. The van der Waals surface area contributed by atoms with Gasteiger partial charge in [-0.2, -0.15) is 5.10 Å². The van der Waals surface area contributed by atoms with Crippen LogP contribution in [0.25, 0.3) is 0 Å². The monoisotopic (exact) mass is 428 g/mol. The fourth-order valence-electron chi connectivity index (χ4n) is 4.20. The molecule has 2 fully saturated rings. The number of amides is 1. The van der Waals surface area contributed by atoms with Crippen molar-refractivity contribution < 1.29 is 19.0 Å². The van der Waals surface area contributed by atoms with Gasteiger partial charge in [0.2, 0.25) is 0 Å². The van der Waals surface area contributed by atoms with E-state index in [0.717, 1.165) is 70.2 Å². The minimum atomic E-state index is -0.150. The van der Waals surface area contributed by atoms with Crippen molar-refractivity contribution in [2.45, 2.75) is 26.5 Å². The molecule has 0 aliphatic carbocycles. The number of aromatic nitrogens is 2. The third kappa shape index (κ3) is 5.84. The zero-order chi connectivity index (χ0) is 21.5. The van der Waals surface area contributed by atoms with Crippen LogP contribution in [0.15, 0.2) is 36.5 Å². The Kier molecular flexibility index (Phi) is 7.21.